The molecule has 0 saturated carbocycles. The topological polar surface area (TPSA) is 108 Å². The Balaban J connectivity index is 0.000000286. The fraction of sp³-hybridized carbons (Fsp3) is 0.375. The van der Waals surface area contributed by atoms with E-state index in [1.807, 2.05) is 0 Å². The van der Waals surface area contributed by atoms with Gasteiger partial charge in [0.15, 0.2) is 0 Å². The van der Waals surface area contributed by atoms with Crippen LogP contribution in [0.2, 0.25) is 0 Å². The van der Waals surface area contributed by atoms with E-state index in [4.69, 9.17) is 15.7 Å². The Hall–Kier alpha value is -3.64. The van der Waals surface area contributed by atoms with Gasteiger partial charge in [0.05, 0.1) is 30.8 Å². The Bertz CT molecular complexity index is 1010. The van der Waals surface area contributed by atoms with Crippen LogP contribution in [-0.2, 0) is 4.74 Å². The van der Waals surface area contributed by atoms with Crippen molar-refractivity contribution in [2.24, 2.45) is 17.6 Å². The van der Waals surface area contributed by atoms with Crippen LogP contribution in [0.1, 0.15) is 6.92 Å². The number of aromatic nitrogens is 1. The van der Waals surface area contributed by atoms with Gasteiger partial charge in [0, 0.05) is 49.0 Å². The highest BCUT2D eigenvalue weighted by molar-refractivity contribution is 5.90. The second-order valence-electron chi connectivity index (χ2n) is 8.22. The Morgan fingerprint density at radius 1 is 1.36 bits per heavy atom. The molecule has 2 aliphatic rings. The molecule has 1 aromatic heterocycles. The van der Waals surface area contributed by atoms with Gasteiger partial charge in [-0.2, -0.15) is 5.26 Å². The van der Waals surface area contributed by atoms with Crippen LogP contribution in [0.3, 0.4) is 0 Å². The number of hydrogen-bond donors (Lipinski definition) is 2. The van der Waals surface area contributed by atoms with Gasteiger partial charge in [-0.25, -0.2) is 9.18 Å². The summed E-state index contributed by atoms with van der Waals surface area (Å²) in [6.07, 6.45) is 5.33. The molecule has 8 nitrogen and oxygen atoms in total. The predicted molar refractivity (Wildman–Crippen MR) is 124 cm³/mol. The average Bonchev–Trinajstić information content (AvgIpc) is 3.35. The van der Waals surface area contributed by atoms with E-state index >= 15 is 0 Å². The van der Waals surface area contributed by atoms with Crippen molar-refractivity contribution in [2.45, 2.75) is 13.0 Å². The lowest BCUT2D eigenvalue weighted by Crippen LogP contribution is -2.28. The quantitative estimate of drug-likeness (QED) is 0.718. The summed E-state index contributed by atoms with van der Waals surface area (Å²) in [5, 5.41) is 11.5. The maximum absolute atomic E-state index is 14.4. The van der Waals surface area contributed by atoms with Crippen molar-refractivity contribution >= 4 is 11.8 Å². The van der Waals surface area contributed by atoms with E-state index in [-0.39, 0.29) is 12.0 Å². The lowest BCUT2D eigenvalue weighted by molar-refractivity contribution is 0.142. The molecule has 3 heterocycles. The lowest BCUT2D eigenvalue weighted by Gasteiger charge is -2.14. The average molecular weight is 453 g/mol. The SMILES string of the molecule is C[C@@H]1CN(C)CC1C#N.N/C=C\NCC1CN(c2ccc(-c3cccnc3)c(F)c2)C(=O)O1. The maximum atomic E-state index is 14.4. The molecular formula is C24H29FN6O2. The summed E-state index contributed by atoms with van der Waals surface area (Å²) >= 11 is 0. The van der Waals surface area contributed by atoms with Gasteiger partial charge in [0.2, 0.25) is 0 Å². The summed E-state index contributed by atoms with van der Waals surface area (Å²) in [7, 11) is 2.06. The molecule has 1 amide bonds. The Morgan fingerprint density at radius 3 is 2.76 bits per heavy atom. The van der Waals surface area contributed by atoms with Crippen molar-refractivity contribution < 1.29 is 13.9 Å². The fourth-order valence-corrected chi connectivity index (χ4v) is 3.91. The molecule has 33 heavy (non-hydrogen) atoms. The third-order valence-corrected chi connectivity index (χ3v) is 5.63. The molecule has 2 saturated heterocycles. The third-order valence-electron chi connectivity index (χ3n) is 5.63. The minimum absolute atomic E-state index is 0.273. The minimum atomic E-state index is -0.493. The van der Waals surface area contributed by atoms with Crippen LogP contribution in [0.4, 0.5) is 14.9 Å². The number of benzene rings is 1. The molecular weight excluding hydrogens is 423 g/mol. The smallest absolute Gasteiger partial charge is 0.414 e. The van der Waals surface area contributed by atoms with Crippen LogP contribution >= 0.6 is 0 Å². The molecule has 1 aromatic carbocycles. The van der Waals surface area contributed by atoms with E-state index in [1.54, 1.807) is 42.9 Å². The maximum Gasteiger partial charge on any atom is 0.414 e. The summed E-state index contributed by atoms with van der Waals surface area (Å²) in [5.41, 5.74) is 6.81. The van der Waals surface area contributed by atoms with Crippen molar-refractivity contribution in [3.8, 4) is 17.2 Å². The Kier molecular flexibility index (Phi) is 8.22. The molecule has 3 atom stereocenters. The van der Waals surface area contributed by atoms with E-state index in [1.165, 1.54) is 17.2 Å². The number of pyridine rings is 1. The molecule has 174 valence electrons. The van der Waals surface area contributed by atoms with Crippen LogP contribution < -0.4 is 16.0 Å². The van der Waals surface area contributed by atoms with Gasteiger partial charge in [-0.05, 0) is 37.2 Å². The van der Waals surface area contributed by atoms with Crippen molar-refractivity contribution in [2.75, 3.05) is 38.1 Å². The molecule has 2 fully saturated rings. The summed E-state index contributed by atoms with van der Waals surface area (Å²) in [5.74, 6) is 0.427. The number of amides is 1. The van der Waals surface area contributed by atoms with Crippen LogP contribution in [-0.4, -0.2) is 55.3 Å². The molecule has 0 radical (unpaired) electrons. The van der Waals surface area contributed by atoms with Gasteiger partial charge in [-0.3, -0.25) is 9.88 Å². The summed E-state index contributed by atoms with van der Waals surface area (Å²) < 4.78 is 19.7. The zero-order chi connectivity index (χ0) is 23.8. The van der Waals surface area contributed by atoms with E-state index < -0.39 is 11.9 Å². The number of cyclic esters (lactones) is 1. The number of carbonyl (C=O) groups is 1. The highest BCUT2D eigenvalue weighted by Crippen LogP contribution is 2.28. The molecule has 4 rings (SSSR count). The number of halogens is 1. The second-order valence-corrected chi connectivity index (χ2v) is 8.22. The van der Waals surface area contributed by atoms with Crippen molar-refractivity contribution in [1.29, 1.82) is 5.26 Å². The second kappa shape index (κ2) is 11.3. The largest absolute Gasteiger partial charge is 0.442 e. The van der Waals surface area contributed by atoms with Crippen molar-refractivity contribution in [3.05, 3.63) is 60.9 Å². The lowest BCUT2D eigenvalue weighted by atomic mass is 10.0. The first-order valence-corrected chi connectivity index (χ1v) is 10.8. The monoisotopic (exact) mass is 452 g/mol. The minimum Gasteiger partial charge on any atom is -0.442 e. The normalized spacial score (nSPS) is 22.5. The number of ether oxygens (including phenoxy) is 1. The number of rotatable bonds is 5. The summed E-state index contributed by atoms with van der Waals surface area (Å²) in [4.78, 5) is 19.6. The van der Waals surface area contributed by atoms with Crippen molar-refractivity contribution in [1.82, 2.24) is 15.2 Å². The van der Waals surface area contributed by atoms with E-state index in [2.05, 4.69) is 35.2 Å². The molecule has 9 heteroatoms. The van der Waals surface area contributed by atoms with Gasteiger partial charge in [-0.1, -0.05) is 13.0 Å². The number of likely N-dealkylation sites (tertiary alicyclic amines) is 1. The van der Waals surface area contributed by atoms with Gasteiger partial charge in [-0.15, -0.1) is 0 Å². The summed E-state index contributed by atoms with van der Waals surface area (Å²) in [6, 6.07) is 10.5. The zero-order valence-corrected chi connectivity index (χ0v) is 18.8. The van der Waals surface area contributed by atoms with Gasteiger partial charge in [0.1, 0.15) is 11.9 Å². The van der Waals surface area contributed by atoms with E-state index in [9.17, 15) is 9.18 Å². The molecule has 2 aromatic rings. The number of nitriles is 1. The first-order valence-electron chi connectivity index (χ1n) is 10.8. The molecule has 2 aliphatic heterocycles. The molecule has 3 N–H and O–H groups in total. The highest BCUT2D eigenvalue weighted by atomic mass is 19.1. The number of nitrogens with two attached hydrogens (primary N) is 1. The predicted octanol–water partition coefficient (Wildman–Crippen LogP) is 2.94. The Morgan fingerprint density at radius 2 is 2.18 bits per heavy atom. The standard InChI is InChI=1S/C17H17FN4O2.C7H12N2/c18-16-8-13(3-4-15(16)12-2-1-6-20-9-12)22-11-14(24-17(22)23)10-21-7-5-19;1-6-4-9(2)5-7(6)3-8/h1-9,14,21H,10-11,19H2;6-7H,4-5H2,1-2H3/b7-5-;/t;6-,7?/m.1/s1. The molecule has 2 unspecified atom stereocenters. The number of nitrogens with one attached hydrogen (secondary N) is 1. The number of carbonyl (C=O) groups excluding carboxylic acids is 1. The van der Waals surface area contributed by atoms with Crippen LogP contribution in [0.15, 0.2) is 55.1 Å². The molecule has 0 spiro atoms. The zero-order valence-electron chi connectivity index (χ0n) is 18.8. The first kappa shape index (κ1) is 24.0. The number of nitrogens with zero attached hydrogens (tertiary/aromatic N) is 4. The fourth-order valence-electron chi connectivity index (χ4n) is 3.91. The van der Waals surface area contributed by atoms with Crippen molar-refractivity contribution in [3.63, 3.8) is 0 Å². The van der Waals surface area contributed by atoms with E-state index in [0.717, 1.165) is 13.1 Å². The number of anilines is 1. The molecule has 0 bridgehead atoms. The highest BCUT2D eigenvalue weighted by Gasteiger charge is 2.32. The third kappa shape index (κ3) is 6.20. The van der Waals surface area contributed by atoms with Gasteiger partial charge < -0.3 is 20.7 Å². The Labute approximate surface area is 193 Å². The first-order chi connectivity index (χ1) is 15.9. The van der Waals surface area contributed by atoms with E-state index in [0.29, 0.717) is 35.8 Å². The van der Waals surface area contributed by atoms with Crippen LogP contribution in [0, 0.1) is 29.0 Å². The van der Waals surface area contributed by atoms with Crippen LogP contribution in [0.25, 0.3) is 11.1 Å². The van der Waals surface area contributed by atoms with Gasteiger partial charge in [0.25, 0.3) is 0 Å². The van der Waals surface area contributed by atoms with Gasteiger partial charge >= 0.3 is 6.09 Å². The summed E-state index contributed by atoms with van der Waals surface area (Å²) in [6.45, 7) is 4.95. The molecule has 0 aliphatic carbocycles. The number of hydrogen-bond acceptors (Lipinski definition) is 7. The van der Waals surface area contributed by atoms with Crippen LogP contribution in [0.5, 0.6) is 0 Å².